The van der Waals surface area contributed by atoms with Crippen molar-refractivity contribution in [2.45, 2.75) is 45.6 Å². The van der Waals surface area contributed by atoms with Gasteiger partial charge in [0.15, 0.2) is 5.82 Å². The Kier molecular flexibility index (Phi) is 5.83. The summed E-state index contributed by atoms with van der Waals surface area (Å²) >= 11 is 0. The number of aromatic nitrogens is 3. The largest absolute Gasteiger partial charge is 0.349 e. The van der Waals surface area contributed by atoms with Crippen molar-refractivity contribution in [3.05, 3.63) is 42.0 Å². The Morgan fingerprint density at radius 1 is 1.23 bits per heavy atom. The van der Waals surface area contributed by atoms with Crippen molar-refractivity contribution in [2.75, 3.05) is 19.3 Å². The van der Waals surface area contributed by atoms with E-state index >= 15 is 0 Å². The molecule has 4 rings (SSSR count). The van der Waals surface area contributed by atoms with E-state index in [4.69, 9.17) is 4.98 Å². The Hall–Kier alpha value is -2.39. The normalized spacial score (nSPS) is 22.0. The molecule has 2 aromatic heterocycles. The molecule has 1 N–H and O–H groups in total. The van der Waals surface area contributed by atoms with E-state index in [-0.39, 0.29) is 23.3 Å². The van der Waals surface area contributed by atoms with Crippen molar-refractivity contribution >= 4 is 15.9 Å². The number of rotatable bonds is 4. The number of carbonyl (C=O) groups excluding carboxylic acids is 1. The molecular weight excluding hydrogens is 414 g/mol. The van der Waals surface area contributed by atoms with E-state index in [2.05, 4.69) is 29.1 Å². The van der Waals surface area contributed by atoms with Gasteiger partial charge >= 0.3 is 0 Å². The zero-order valence-electron chi connectivity index (χ0n) is 18.2. The van der Waals surface area contributed by atoms with Gasteiger partial charge in [0.1, 0.15) is 0 Å². The molecule has 1 aliphatic heterocycles. The van der Waals surface area contributed by atoms with Gasteiger partial charge in [0, 0.05) is 48.7 Å². The summed E-state index contributed by atoms with van der Waals surface area (Å²) in [5, 5.41) is 3.21. The average Bonchev–Trinajstić information content (AvgIpc) is 2.72. The molecule has 31 heavy (non-hydrogen) atoms. The van der Waals surface area contributed by atoms with Crippen LogP contribution in [-0.4, -0.2) is 52.9 Å². The zero-order valence-corrected chi connectivity index (χ0v) is 19.0. The van der Waals surface area contributed by atoms with E-state index in [0.717, 1.165) is 29.7 Å². The van der Waals surface area contributed by atoms with Crippen molar-refractivity contribution in [1.29, 1.82) is 0 Å². The third kappa shape index (κ3) is 4.93. The Labute approximate surface area is 183 Å². The van der Waals surface area contributed by atoms with Crippen LogP contribution in [0.4, 0.5) is 0 Å². The highest BCUT2D eigenvalue weighted by Gasteiger charge is 2.36. The lowest BCUT2D eigenvalue weighted by Gasteiger charge is -2.37. The minimum absolute atomic E-state index is 0.00877. The number of fused-ring (bicyclic) bond motifs is 1. The van der Waals surface area contributed by atoms with Crippen LogP contribution in [0.1, 0.15) is 50.4 Å². The van der Waals surface area contributed by atoms with Gasteiger partial charge in [-0.3, -0.25) is 9.78 Å². The van der Waals surface area contributed by atoms with Crippen molar-refractivity contribution in [2.24, 2.45) is 11.3 Å². The van der Waals surface area contributed by atoms with Crippen LogP contribution in [0.5, 0.6) is 0 Å². The van der Waals surface area contributed by atoms with E-state index in [0.29, 0.717) is 31.8 Å². The van der Waals surface area contributed by atoms with E-state index in [1.165, 1.54) is 10.6 Å². The van der Waals surface area contributed by atoms with Crippen LogP contribution >= 0.6 is 0 Å². The second-order valence-electron chi connectivity index (χ2n) is 9.38. The number of amides is 1. The summed E-state index contributed by atoms with van der Waals surface area (Å²) in [6.45, 7) is 5.15. The summed E-state index contributed by atoms with van der Waals surface area (Å²) in [7, 11) is -3.20. The lowest BCUT2D eigenvalue weighted by Crippen LogP contribution is -2.44. The molecule has 1 atom stereocenters. The SMILES string of the molecule is CC1(C)Cc2nc(-c3cccnc3)ncc2[C@H](NC(=O)C2CCN(S(C)(=O)=O)CC2)C1. The summed E-state index contributed by atoms with van der Waals surface area (Å²) in [5.74, 6) is 0.447. The number of pyridine rings is 1. The minimum Gasteiger partial charge on any atom is -0.349 e. The van der Waals surface area contributed by atoms with Gasteiger partial charge < -0.3 is 5.32 Å². The van der Waals surface area contributed by atoms with Crippen LogP contribution < -0.4 is 5.32 Å². The van der Waals surface area contributed by atoms with Crippen LogP contribution in [0.25, 0.3) is 11.4 Å². The molecule has 2 aliphatic rings. The molecule has 0 aromatic carbocycles. The lowest BCUT2D eigenvalue weighted by atomic mass is 9.74. The number of sulfonamides is 1. The molecule has 0 bridgehead atoms. The lowest BCUT2D eigenvalue weighted by molar-refractivity contribution is -0.127. The van der Waals surface area contributed by atoms with Crippen LogP contribution in [0.15, 0.2) is 30.7 Å². The molecule has 1 saturated heterocycles. The Balaban J connectivity index is 1.51. The second kappa shape index (κ2) is 8.27. The third-order valence-electron chi connectivity index (χ3n) is 6.21. The third-order valence-corrected chi connectivity index (χ3v) is 7.51. The van der Waals surface area contributed by atoms with Gasteiger partial charge in [-0.05, 0) is 43.2 Å². The molecule has 0 unspecified atom stereocenters. The molecule has 0 saturated carbocycles. The molecule has 166 valence electrons. The van der Waals surface area contributed by atoms with E-state index in [1.807, 2.05) is 18.3 Å². The van der Waals surface area contributed by atoms with E-state index < -0.39 is 10.0 Å². The number of nitrogens with zero attached hydrogens (tertiary/aromatic N) is 4. The fourth-order valence-corrected chi connectivity index (χ4v) is 5.42. The molecule has 0 spiro atoms. The van der Waals surface area contributed by atoms with Gasteiger partial charge in [-0.1, -0.05) is 13.8 Å². The minimum atomic E-state index is -3.20. The maximum atomic E-state index is 13.0. The second-order valence-corrected chi connectivity index (χ2v) is 11.4. The quantitative estimate of drug-likeness (QED) is 0.778. The molecule has 1 fully saturated rings. The number of carbonyl (C=O) groups is 1. The van der Waals surface area contributed by atoms with Gasteiger partial charge in [0.05, 0.1) is 18.0 Å². The maximum Gasteiger partial charge on any atom is 0.223 e. The van der Waals surface area contributed by atoms with Crippen molar-refractivity contribution in [3.8, 4) is 11.4 Å². The average molecular weight is 444 g/mol. The first kappa shape index (κ1) is 21.8. The summed E-state index contributed by atoms with van der Waals surface area (Å²) in [6.07, 6.45) is 9.22. The van der Waals surface area contributed by atoms with Crippen molar-refractivity contribution < 1.29 is 13.2 Å². The van der Waals surface area contributed by atoms with Crippen molar-refractivity contribution in [1.82, 2.24) is 24.6 Å². The summed E-state index contributed by atoms with van der Waals surface area (Å²) < 4.78 is 24.9. The summed E-state index contributed by atoms with van der Waals surface area (Å²) in [6, 6.07) is 3.65. The summed E-state index contributed by atoms with van der Waals surface area (Å²) in [4.78, 5) is 26.5. The van der Waals surface area contributed by atoms with Crippen LogP contribution in [-0.2, 0) is 21.2 Å². The number of piperidine rings is 1. The van der Waals surface area contributed by atoms with Crippen LogP contribution in [0.3, 0.4) is 0 Å². The first-order valence-corrected chi connectivity index (χ1v) is 12.5. The molecule has 3 heterocycles. The van der Waals surface area contributed by atoms with E-state index in [1.54, 1.807) is 12.4 Å². The van der Waals surface area contributed by atoms with Crippen molar-refractivity contribution in [3.63, 3.8) is 0 Å². The Morgan fingerprint density at radius 3 is 2.61 bits per heavy atom. The van der Waals surface area contributed by atoms with Gasteiger partial charge in [-0.25, -0.2) is 22.7 Å². The molecule has 8 nitrogen and oxygen atoms in total. The van der Waals surface area contributed by atoms with Gasteiger partial charge in [-0.2, -0.15) is 0 Å². The maximum absolute atomic E-state index is 13.0. The topological polar surface area (TPSA) is 105 Å². The van der Waals surface area contributed by atoms with Gasteiger partial charge in [-0.15, -0.1) is 0 Å². The number of hydrogen-bond donors (Lipinski definition) is 1. The van der Waals surface area contributed by atoms with Crippen LogP contribution in [0, 0.1) is 11.3 Å². The summed E-state index contributed by atoms with van der Waals surface area (Å²) in [5.41, 5.74) is 2.79. The molecule has 1 amide bonds. The Morgan fingerprint density at radius 2 is 1.97 bits per heavy atom. The fourth-order valence-electron chi connectivity index (χ4n) is 4.55. The predicted molar refractivity (Wildman–Crippen MR) is 117 cm³/mol. The van der Waals surface area contributed by atoms with E-state index in [9.17, 15) is 13.2 Å². The number of nitrogens with one attached hydrogen (secondary N) is 1. The van der Waals surface area contributed by atoms with Gasteiger partial charge in [0.2, 0.25) is 15.9 Å². The fraction of sp³-hybridized carbons (Fsp3) is 0.545. The highest BCUT2D eigenvalue weighted by molar-refractivity contribution is 7.88. The first-order chi connectivity index (χ1) is 14.6. The molecule has 0 radical (unpaired) electrons. The molecular formula is C22H29N5O3S. The molecule has 9 heteroatoms. The Bertz CT molecular complexity index is 1060. The highest BCUT2D eigenvalue weighted by Crippen LogP contribution is 2.40. The monoisotopic (exact) mass is 443 g/mol. The highest BCUT2D eigenvalue weighted by atomic mass is 32.2. The standard InChI is InChI=1S/C22H29N5O3S/c1-22(2)11-18-17(14-24-20(25-18)16-5-4-8-23-13-16)19(12-22)26-21(28)15-6-9-27(10-7-15)31(3,29)30/h4-5,8,13-15,19H,6-7,9-12H2,1-3H3,(H,26,28)/t19-/m1/s1. The molecule has 1 aliphatic carbocycles. The zero-order chi connectivity index (χ0) is 22.2. The van der Waals surface area contributed by atoms with Gasteiger partial charge in [0.25, 0.3) is 0 Å². The predicted octanol–water partition coefficient (Wildman–Crippen LogP) is 2.34. The smallest absolute Gasteiger partial charge is 0.223 e. The van der Waals surface area contributed by atoms with Crippen LogP contribution in [0.2, 0.25) is 0 Å². The first-order valence-electron chi connectivity index (χ1n) is 10.6. The number of hydrogen-bond acceptors (Lipinski definition) is 6. The molecule has 2 aromatic rings.